The lowest BCUT2D eigenvalue weighted by Crippen LogP contribution is -2.33. The van der Waals surface area contributed by atoms with Crippen molar-refractivity contribution in [1.82, 2.24) is 30.0 Å². The van der Waals surface area contributed by atoms with Gasteiger partial charge in [0, 0.05) is 26.6 Å². The van der Waals surface area contributed by atoms with E-state index in [0.29, 0.717) is 12.0 Å². The maximum absolute atomic E-state index is 11.5. The minimum absolute atomic E-state index is 0.188. The summed E-state index contributed by atoms with van der Waals surface area (Å²) in [6.07, 6.45) is 7.34. The molecule has 0 spiro atoms. The molecular weight excluding hydrogens is 304 g/mol. The van der Waals surface area contributed by atoms with Gasteiger partial charge >= 0.3 is 0 Å². The number of amides is 1. The molecule has 0 aromatic carbocycles. The van der Waals surface area contributed by atoms with Gasteiger partial charge in [0.05, 0.1) is 12.1 Å². The van der Waals surface area contributed by atoms with Crippen LogP contribution in [0.4, 0.5) is 0 Å². The SMILES string of the molecule is CC(=O)N1CCC(CN(C)C(C)c2nnnn2C2CCCCC2)C1. The summed E-state index contributed by atoms with van der Waals surface area (Å²) in [6, 6.07) is 0.646. The van der Waals surface area contributed by atoms with E-state index in [0.717, 1.165) is 31.9 Å². The Balaban J connectivity index is 1.61. The molecular formula is C17H30N6O. The Morgan fingerprint density at radius 1 is 1.29 bits per heavy atom. The van der Waals surface area contributed by atoms with E-state index in [1.807, 2.05) is 4.90 Å². The number of tetrazole rings is 1. The fourth-order valence-corrected chi connectivity index (χ4v) is 4.09. The predicted octanol–water partition coefficient (Wildman–Crippen LogP) is 2.04. The zero-order valence-corrected chi connectivity index (χ0v) is 15.2. The molecule has 2 heterocycles. The Morgan fingerprint density at radius 3 is 2.71 bits per heavy atom. The average Bonchev–Trinajstić information content (AvgIpc) is 3.24. The van der Waals surface area contributed by atoms with E-state index in [9.17, 15) is 4.79 Å². The van der Waals surface area contributed by atoms with Crippen LogP contribution in [-0.2, 0) is 4.79 Å². The topological polar surface area (TPSA) is 67.2 Å². The third-order valence-corrected chi connectivity index (χ3v) is 5.75. The van der Waals surface area contributed by atoms with Crippen LogP contribution in [-0.4, -0.2) is 62.6 Å². The number of carbonyl (C=O) groups is 1. The molecule has 2 fully saturated rings. The van der Waals surface area contributed by atoms with Crippen molar-refractivity contribution < 1.29 is 4.79 Å². The van der Waals surface area contributed by atoms with Gasteiger partial charge in [0.25, 0.3) is 0 Å². The molecule has 0 N–H and O–H groups in total. The summed E-state index contributed by atoms with van der Waals surface area (Å²) in [6.45, 7) is 6.58. The second-order valence-corrected chi connectivity index (χ2v) is 7.51. The monoisotopic (exact) mass is 334 g/mol. The number of rotatable bonds is 5. The molecule has 1 aromatic heterocycles. The highest BCUT2D eigenvalue weighted by molar-refractivity contribution is 5.73. The first-order valence-electron chi connectivity index (χ1n) is 9.29. The fraction of sp³-hybridized carbons (Fsp3) is 0.882. The predicted molar refractivity (Wildman–Crippen MR) is 91.3 cm³/mol. The van der Waals surface area contributed by atoms with Gasteiger partial charge in [-0.05, 0) is 49.6 Å². The maximum atomic E-state index is 11.5. The molecule has 2 atom stereocenters. The van der Waals surface area contributed by atoms with Crippen molar-refractivity contribution in [2.24, 2.45) is 5.92 Å². The Bertz CT molecular complexity index is 553. The molecule has 1 aliphatic heterocycles. The van der Waals surface area contributed by atoms with E-state index >= 15 is 0 Å². The first-order chi connectivity index (χ1) is 11.6. The van der Waals surface area contributed by atoms with Crippen LogP contribution in [0.5, 0.6) is 0 Å². The van der Waals surface area contributed by atoms with Gasteiger partial charge in [-0.25, -0.2) is 4.68 Å². The molecule has 1 amide bonds. The second-order valence-electron chi connectivity index (χ2n) is 7.51. The zero-order chi connectivity index (χ0) is 17.1. The summed E-state index contributed by atoms with van der Waals surface area (Å²) in [5, 5.41) is 12.6. The minimum Gasteiger partial charge on any atom is -0.343 e. The highest BCUT2D eigenvalue weighted by Gasteiger charge is 2.29. The smallest absolute Gasteiger partial charge is 0.219 e. The quantitative estimate of drug-likeness (QED) is 0.824. The second kappa shape index (κ2) is 7.59. The lowest BCUT2D eigenvalue weighted by atomic mass is 9.95. The zero-order valence-electron chi connectivity index (χ0n) is 15.2. The van der Waals surface area contributed by atoms with Crippen LogP contribution in [0.3, 0.4) is 0 Å². The van der Waals surface area contributed by atoms with Crippen molar-refractivity contribution in [1.29, 1.82) is 0 Å². The van der Waals surface area contributed by atoms with Crippen LogP contribution in [0, 0.1) is 5.92 Å². The van der Waals surface area contributed by atoms with Gasteiger partial charge in [0.15, 0.2) is 5.82 Å². The summed E-state index contributed by atoms with van der Waals surface area (Å²) >= 11 is 0. The molecule has 1 saturated carbocycles. The third-order valence-electron chi connectivity index (χ3n) is 5.75. The van der Waals surface area contributed by atoms with E-state index in [4.69, 9.17) is 0 Å². The van der Waals surface area contributed by atoms with E-state index in [-0.39, 0.29) is 11.9 Å². The summed E-state index contributed by atoms with van der Waals surface area (Å²) in [7, 11) is 2.14. The van der Waals surface area contributed by atoms with Crippen LogP contribution in [0.1, 0.15) is 70.3 Å². The molecule has 0 bridgehead atoms. The Labute approximate surface area is 144 Å². The van der Waals surface area contributed by atoms with Crippen LogP contribution >= 0.6 is 0 Å². The number of carbonyl (C=O) groups excluding carboxylic acids is 1. The number of nitrogens with zero attached hydrogens (tertiary/aromatic N) is 6. The van der Waals surface area contributed by atoms with Gasteiger partial charge in [-0.3, -0.25) is 9.69 Å². The van der Waals surface area contributed by atoms with Crippen LogP contribution in [0.2, 0.25) is 0 Å². The van der Waals surface area contributed by atoms with E-state index in [1.54, 1.807) is 6.92 Å². The molecule has 7 heteroatoms. The molecule has 0 radical (unpaired) electrons. The van der Waals surface area contributed by atoms with Crippen molar-refractivity contribution in [2.45, 2.75) is 64.5 Å². The molecule has 7 nitrogen and oxygen atoms in total. The molecule has 1 aliphatic carbocycles. The summed E-state index contributed by atoms with van der Waals surface area (Å²) in [5.41, 5.74) is 0. The lowest BCUT2D eigenvalue weighted by molar-refractivity contribution is -0.127. The Morgan fingerprint density at radius 2 is 2.04 bits per heavy atom. The van der Waals surface area contributed by atoms with Gasteiger partial charge in [-0.2, -0.15) is 0 Å². The summed E-state index contributed by atoms with van der Waals surface area (Å²) in [5.74, 6) is 1.71. The molecule has 3 rings (SSSR count). The highest BCUT2D eigenvalue weighted by atomic mass is 16.2. The van der Waals surface area contributed by atoms with Crippen molar-refractivity contribution in [2.75, 3.05) is 26.7 Å². The largest absolute Gasteiger partial charge is 0.343 e. The van der Waals surface area contributed by atoms with Gasteiger partial charge in [-0.1, -0.05) is 19.3 Å². The lowest BCUT2D eigenvalue weighted by Gasteiger charge is -2.29. The Hall–Kier alpha value is -1.50. The first-order valence-corrected chi connectivity index (χ1v) is 9.29. The number of hydrogen-bond acceptors (Lipinski definition) is 5. The molecule has 2 aliphatic rings. The van der Waals surface area contributed by atoms with Crippen molar-refractivity contribution in [3.05, 3.63) is 5.82 Å². The Kier molecular flexibility index (Phi) is 5.48. The van der Waals surface area contributed by atoms with Gasteiger partial charge in [0.2, 0.25) is 5.91 Å². The molecule has 1 aromatic rings. The average molecular weight is 334 g/mol. The van der Waals surface area contributed by atoms with Gasteiger partial charge in [-0.15, -0.1) is 5.10 Å². The number of hydrogen-bond donors (Lipinski definition) is 0. The molecule has 1 saturated heterocycles. The summed E-state index contributed by atoms with van der Waals surface area (Å²) < 4.78 is 2.07. The van der Waals surface area contributed by atoms with E-state index in [2.05, 4.69) is 39.1 Å². The van der Waals surface area contributed by atoms with Crippen LogP contribution in [0.15, 0.2) is 0 Å². The van der Waals surface area contributed by atoms with Crippen LogP contribution < -0.4 is 0 Å². The van der Waals surface area contributed by atoms with Crippen molar-refractivity contribution >= 4 is 5.91 Å². The maximum Gasteiger partial charge on any atom is 0.219 e. The number of aromatic nitrogens is 4. The number of likely N-dealkylation sites (tertiary alicyclic amines) is 1. The molecule has 2 unspecified atom stereocenters. The summed E-state index contributed by atoms with van der Waals surface area (Å²) in [4.78, 5) is 15.8. The van der Waals surface area contributed by atoms with Gasteiger partial charge in [0.1, 0.15) is 0 Å². The van der Waals surface area contributed by atoms with E-state index < -0.39 is 0 Å². The minimum atomic E-state index is 0.188. The highest BCUT2D eigenvalue weighted by Crippen LogP contribution is 2.30. The fourth-order valence-electron chi connectivity index (χ4n) is 4.09. The molecule has 134 valence electrons. The first kappa shape index (κ1) is 17.3. The van der Waals surface area contributed by atoms with E-state index in [1.165, 1.54) is 32.1 Å². The van der Waals surface area contributed by atoms with Crippen LogP contribution in [0.25, 0.3) is 0 Å². The van der Waals surface area contributed by atoms with Crippen molar-refractivity contribution in [3.63, 3.8) is 0 Å². The van der Waals surface area contributed by atoms with Crippen molar-refractivity contribution in [3.8, 4) is 0 Å². The van der Waals surface area contributed by atoms with Gasteiger partial charge < -0.3 is 4.90 Å². The normalized spacial score (nSPS) is 23.8. The molecule has 24 heavy (non-hydrogen) atoms. The third kappa shape index (κ3) is 3.77. The standard InChI is InChI=1S/C17H30N6O/c1-13(21(3)11-15-9-10-22(12-15)14(2)24)17-18-19-20-23(17)16-7-5-4-6-8-16/h13,15-16H,4-12H2,1-3H3.